The lowest BCUT2D eigenvalue weighted by Gasteiger charge is -2.37. The Morgan fingerprint density at radius 3 is 2.47 bits per heavy atom. The predicted molar refractivity (Wildman–Crippen MR) is 134 cm³/mol. The van der Waals surface area contributed by atoms with Gasteiger partial charge in [0.1, 0.15) is 23.5 Å². The molecule has 36 heavy (non-hydrogen) atoms. The van der Waals surface area contributed by atoms with E-state index in [1.807, 2.05) is 49.3 Å². The fourth-order valence-electron chi connectivity index (χ4n) is 4.60. The first-order valence-electron chi connectivity index (χ1n) is 12.3. The van der Waals surface area contributed by atoms with E-state index in [2.05, 4.69) is 5.10 Å². The summed E-state index contributed by atoms with van der Waals surface area (Å²) < 4.78 is 19.1. The first-order valence-corrected chi connectivity index (χ1v) is 12.3. The molecule has 0 radical (unpaired) electrons. The van der Waals surface area contributed by atoms with E-state index in [0.29, 0.717) is 69.3 Å². The zero-order chi connectivity index (χ0) is 26.0. The molecule has 0 bridgehead atoms. The molecule has 0 aromatic carbocycles. The summed E-state index contributed by atoms with van der Waals surface area (Å²) in [6.07, 6.45) is 2.84. The standard InChI is InChI=1S/C25H35N5O6/c1-6-19-22(27-9-11-28(12-10-27)24(33)36-25(2,3)4)23(32)30-20(29(19)16-21(31)34-5)15-18(26-30)17-7-13-35-14-8-17/h7,15H,6,8-14,16H2,1-5H3. The van der Waals surface area contributed by atoms with Gasteiger partial charge in [0, 0.05) is 37.9 Å². The summed E-state index contributed by atoms with van der Waals surface area (Å²) in [5.41, 5.74) is 2.66. The van der Waals surface area contributed by atoms with Crippen molar-refractivity contribution in [1.82, 2.24) is 19.1 Å². The summed E-state index contributed by atoms with van der Waals surface area (Å²) in [5, 5.41) is 4.64. The monoisotopic (exact) mass is 501 g/mol. The number of esters is 1. The number of fused-ring (bicyclic) bond motifs is 1. The number of rotatable bonds is 5. The van der Waals surface area contributed by atoms with Gasteiger partial charge in [0.2, 0.25) is 0 Å². The third-order valence-electron chi connectivity index (χ3n) is 6.35. The maximum atomic E-state index is 13.8. The minimum absolute atomic E-state index is 0.0401. The molecule has 196 valence electrons. The van der Waals surface area contributed by atoms with Gasteiger partial charge in [-0.15, -0.1) is 0 Å². The number of ether oxygens (including phenoxy) is 3. The highest BCUT2D eigenvalue weighted by Gasteiger charge is 2.30. The number of anilines is 1. The molecule has 1 fully saturated rings. The molecule has 0 unspecified atom stereocenters. The van der Waals surface area contributed by atoms with Gasteiger partial charge in [0.25, 0.3) is 5.56 Å². The lowest BCUT2D eigenvalue weighted by molar-refractivity contribution is -0.141. The van der Waals surface area contributed by atoms with Crippen LogP contribution in [0.4, 0.5) is 10.5 Å². The third-order valence-corrected chi connectivity index (χ3v) is 6.35. The number of hydrogen-bond acceptors (Lipinski definition) is 8. The molecular formula is C25H35N5O6. The highest BCUT2D eigenvalue weighted by atomic mass is 16.6. The Bertz CT molecular complexity index is 1230. The number of aromatic nitrogens is 3. The van der Waals surface area contributed by atoms with Crippen molar-refractivity contribution < 1.29 is 23.8 Å². The Morgan fingerprint density at radius 2 is 1.89 bits per heavy atom. The molecule has 1 amide bonds. The largest absolute Gasteiger partial charge is 0.468 e. The summed E-state index contributed by atoms with van der Waals surface area (Å²) in [6.45, 7) is 10.3. The van der Waals surface area contributed by atoms with Gasteiger partial charge in [-0.1, -0.05) is 13.0 Å². The number of piperazine rings is 1. The lowest BCUT2D eigenvalue weighted by Crippen LogP contribution is -2.51. The molecule has 0 saturated carbocycles. The molecule has 1 saturated heterocycles. The van der Waals surface area contributed by atoms with Crippen molar-refractivity contribution in [3.63, 3.8) is 0 Å². The second-order valence-corrected chi connectivity index (χ2v) is 9.92. The van der Waals surface area contributed by atoms with E-state index >= 15 is 0 Å². The Kier molecular flexibility index (Phi) is 7.39. The summed E-state index contributed by atoms with van der Waals surface area (Å²) in [5.74, 6) is -0.413. The van der Waals surface area contributed by atoms with E-state index in [-0.39, 0.29) is 18.2 Å². The molecule has 11 heteroatoms. The summed E-state index contributed by atoms with van der Waals surface area (Å²) in [6, 6.07) is 1.85. The molecule has 0 atom stereocenters. The van der Waals surface area contributed by atoms with E-state index in [1.54, 1.807) is 4.90 Å². The lowest BCUT2D eigenvalue weighted by atomic mass is 10.1. The van der Waals surface area contributed by atoms with Crippen molar-refractivity contribution in [1.29, 1.82) is 0 Å². The van der Waals surface area contributed by atoms with Crippen LogP contribution in [0.15, 0.2) is 16.9 Å². The first-order chi connectivity index (χ1) is 17.1. The third kappa shape index (κ3) is 5.25. The minimum atomic E-state index is -0.575. The Balaban J connectivity index is 1.74. The van der Waals surface area contributed by atoms with Gasteiger partial charge in [0.05, 0.1) is 26.0 Å². The van der Waals surface area contributed by atoms with Crippen molar-refractivity contribution in [3.05, 3.63) is 33.9 Å². The smallest absolute Gasteiger partial charge is 0.410 e. The van der Waals surface area contributed by atoms with Crippen LogP contribution in [-0.2, 0) is 32.0 Å². The van der Waals surface area contributed by atoms with Crippen LogP contribution in [-0.4, -0.2) is 83.2 Å². The summed E-state index contributed by atoms with van der Waals surface area (Å²) >= 11 is 0. The first kappa shape index (κ1) is 25.7. The van der Waals surface area contributed by atoms with Crippen LogP contribution < -0.4 is 10.5 Å². The van der Waals surface area contributed by atoms with Crippen LogP contribution in [0.2, 0.25) is 0 Å². The highest BCUT2D eigenvalue weighted by molar-refractivity contribution is 5.73. The van der Waals surface area contributed by atoms with Crippen LogP contribution in [0.1, 0.15) is 45.5 Å². The Hall–Kier alpha value is -3.34. The molecule has 2 aliphatic rings. The van der Waals surface area contributed by atoms with E-state index in [4.69, 9.17) is 14.2 Å². The number of hydrogen-bond donors (Lipinski definition) is 0. The van der Waals surface area contributed by atoms with E-state index in [0.717, 1.165) is 11.3 Å². The van der Waals surface area contributed by atoms with Crippen LogP contribution in [0.25, 0.3) is 11.2 Å². The molecule has 2 aromatic rings. The maximum absolute atomic E-state index is 13.8. The van der Waals surface area contributed by atoms with Crippen LogP contribution in [0, 0.1) is 0 Å². The number of amides is 1. The Morgan fingerprint density at radius 1 is 1.17 bits per heavy atom. The fourth-order valence-corrected chi connectivity index (χ4v) is 4.60. The van der Waals surface area contributed by atoms with Crippen LogP contribution in [0.3, 0.4) is 0 Å². The fraction of sp³-hybridized carbons (Fsp3) is 0.600. The molecule has 0 spiro atoms. The van der Waals surface area contributed by atoms with Gasteiger partial charge in [-0.25, -0.2) is 4.79 Å². The second kappa shape index (κ2) is 10.3. The molecule has 4 rings (SSSR count). The highest BCUT2D eigenvalue weighted by Crippen LogP contribution is 2.26. The zero-order valence-corrected chi connectivity index (χ0v) is 21.7. The van der Waals surface area contributed by atoms with Gasteiger partial charge in [-0.2, -0.15) is 9.61 Å². The summed E-state index contributed by atoms with van der Waals surface area (Å²) in [7, 11) is 1.35. The van der Waals surface area contributed by atoms with Gasteiger partial charge >= 0.3 is 12.1 Å². The van der Waals surface area contributed by atoms with E-state index < -0.39 is 11.6 Å². The SMILES string of the molecule is CCc1c(N2CCN(C(=O)OC(C)(C)C)CC2)c(=O)n2nc(C3=CCOCC3)cc2n1CC(=O)OC. The number of carbonyl (C=O) groups excluding carboxylic acids is 2. The van der Waals surface area contributed by atoms with Gasteiger partial charge in [0.15, 0.2) is 0 Å². The van der Waals surface area contributed by atoms with E-state index in [9.17, 15) is 14.4 Å². The number of carbonyl (C=O) groups is 2. The Labute approximate surface area is 210 Å². The number of methoxy groups -OCH3 is 1. The van der Waals surface area contributed by atoms with Crippen molar-refractivity contribution in [2.75, 3.05) is 51.4 Å². The molecule has 2 aliphatic heterocycles. The van der Waals surface area contributed by atoms with Gasteiger partial charge in [-0.05, 0) is 39.2 Å². The second-order valence-electron chi connectivity index (χ2n) is 9.92. The number of nitrogens with zero attached hydrogens (tertiary/aromatic N) is 5. The molecule has 0 N–H and O–H groups in total. The van der Waals surface area contributed by atoms with Crippen molar-refractivity contribution >= 4 is 29.0 Å². The predicted octanol–water partition coefficient (Wildman–Crippen LogP) is 2.09. The average Bonchev–Trinajstić information content (AvgIpc) is 3.31. The quantitative estimate of drug-likeness (QED) is 0.574. The van der Waals surface area contributed by atoms with E-state index in [1.165, 1.54) is 11.6 Å². The van der Waals surface area contributed by atoms with Gasteiger partial charge < -0.3 is 28.6 Å². The van der Waals surface area contributed by atoms with Gasteiger partial charge in [-0.3, -0.25) is 9.59 Å². The zero-order valence-electron chi connectivity index (χ0n) is 21.7. The average molecular weight is 502 g/mol. The van der Waals surface area contributed by atoms with Crippen molar-refractivity contribution in [2.24, 2.45) is 0 Å². The normalized spacial score (nSPS) is 16.8. The molecule has 11 nitrogen and oxygen atoms in total. The minimum Gasteiger partial charge on any atom is -0.468 e. The molecule has 0 aliphatic carbocycles. The summed E-state index contributed by atoms with van der Waals surface area (Å²) in [4.78, 5) is 42.3. The van der Waals surface area contributed by atoms with Crippen LogP contribution in [0.5, 0.6) is 0 Å². The van der Waals surface area contributed by atoms with Crippen LogP contribution >= 0.6 is 0 Å². The molecule has 2 aromatic heterocycles. The molecule has 4 heterocycles. The maximum Gasteiger partial charge on any atom is 0.410 e. The van der Waals surface area contributed by atoms with Crippen molar-refractivity contribution in [3.8, 4) is 0 Å². The topological polar surface area (TPSA) is 108 Å². The molecular weight excluding hydrogens is 466 g/mol. The van der Waals surface area contributed by atoms with Crippen molar-refractivity contribution in [2.45, 2.75) is 52.7 Å².